The molecular formula is C20H24Cl2N2O4S. The molecule has 158 valence electrons. The van der Waals surface area contributed by atoms with Gasteiger partial charge in [-0.15, -0.1) is 0 Å². The molecule has 0 radical (unpaired) electrons. The molecule has 0 heterocycles. The highest BCUT2D eigenvalue weighted by atomic mass is 35.5. The molecule has 0 saturated carbocycles. The summed E-state index contributed by atoms with van der Waals surface area (Å²) in [5.74, 6) is 0.129. The minimum Gasteiger partial charge on any atom is -0.382 e. The van der Waals surface area contributed by atoms with Gasteiger partial charge >= 0.3 is 16.1 Å². The molecule has 0 spiro atoms. The Hall–Kier alpha value is -1.96. The highest BCUT2D eigenvalue weighted by Crippen LogP contribution is 2.30. The van der Waals surface area contributed by atoms with Crippen molar-refractivity contribution in [2.75, 3.05) is 11.1 Å². The largest absolute Gasteiger partial charge is 0.382 e. The highest BCUT2D eigenvalue weighted by molar-refractivity contribution is 7.87. The van der Waals surface area contributed by atoms with Gasteiger partial charge in [-0.05, 0) is 50.1 Å². The molecule has 2 aromatic carbocycles. The van der Waals surface area contributed by atoms with Crippen molar-refractivity contribution in [3.63, 3.8) is 0 Å². The maximum atomic E-state index is 12.9. The monoisotopic (exact) mass is 458 g/mol. The molecule has 0 bridgehead atoms. The molecule has 0 aliphatic carbocycles. The number of benzene rings is 2. The Labute approximate surface area is 181 Å². The van der Waals surface area contributed by atoms with E-state index in [1.807, 2.05) is 13.8 Å². The summed E-state index contributed by atoms with van der Waals surface area (Å²) >= 11 is 12.2. The second-order valence-electron chi connectivity index (χ2n) is 6.49. The van der Waals surface area contributed by atoms with Crippen LogP contribution in [0.2, 0.25) is 10.0 Å². The molecule has 0 saturated heterocycles. The van der Waals surface area contributed by atoms with Gasteiger partial charge in [0.15, 0.2) is 0 Å². The zero-order chi connectivity index (χ0) is 21.6. The van der Waals surface area contributed by atoms with E-state index in [1.54, 1.807) is 47.4 Å². The Morgan fingerprint density at radius 3 is 2.38 bits per heavy atom. The molecular weight excluding hydrogens is 435 g/mol. The molecule has 1 N–H and O–H groups in total. The third kappa shape index (κ3) is 6.52. The van der Waals surface area contributed by atoms with Crippen molar-refractivity contribution >= 4 is 45.0 Å². The third-order valence-electron chi connectivity index (χ3n) is 4.43. The van der Waals surface area contributed by atoms with E-state index in [0.29, 0.717) is 17.3 Å². The average molecular weight is 459 g/mol. The van der Waals surface area contributed by atoms with Crippen LogP contribution in [-0.4, -0.2) is 31.1 Å². The van der Waals surface area contributed by atoms with E-state index in [9.17, 15) is 13.2 Å². The number of nitrogens with one attached hydrogen (secondary N) is 1. The summed E-state index contributed by atoms with van der Waals surface area (Å²) in [4.78, 5) is 14.6. The first kappa shape index (κ1) is 23.3. The van der Waals surface area contributed by atoms with Gasteiger partial charge in [0.05, 0.1) is 21.5 Å². The lowest BCUT2D eigenvalue weighted by Crippen LogP contribution is -2.40. The number of hydrogen-bond acceptors (Lipinski definition) is 4. The normalized spacial score (nSPS) is 12.3. The van der Waals surface area contributed by atoms with Crippen molar-refractivity contribution in [1.29, 1.82) is 0 Å². The number of amides is 2. The molecule has 9 heteroatoms. The van der Waals surface area contributed by atoms with Crippen molar-refractivity contribution in [1.82, 2.24) is 4.90 Å². The van der Waals surface area contributed by atoms with Crippen LogP contribution in [0.1, 0.15) is 32.8 Å². The predicted octanol–water partition coefficient (Wildman–Crippen LogP) is 5.55. The molecule has 29 heavy (non-hydrogen) atoms. The van der Waals surface area contributed by atoms with Crippen LogP contribution in [0.15, 0.2) is 42.5 Å². The van der Waals surface area contributed by atoms with E-state index in [4.69, 9.17) is 27.4 Å². The second-order valence-corrected chi connectivity index (χ2v) is 9.13. The molecule has 2 aromatic rings. The zero-order valence-corrected chi connectivity index (χ0v) is 18.8. The van der Waals surface area contributed by atoms with Crippen molar-refractivity contribution in [3.05, 3.63) is 58.1 Å². The standard InChI is InChI=1S/C20H24Cl2N2O4S/c1-4-14(3)24(20(25)23-18-8-6-7-17(21)19(18)22)13-15-9-11-16(12-10-15)28-29(26,27)5-2/h6-12,14H,4-5,13H2,1-3H3,(H,23,25). The van der Waals surface area contributed by atoms with Crippen LogP contribution < -0.4 is 9.50 Å². The number of carbonyl (C=O) groups excluding carboxylic acids is 1. The highest BCUT2D eigenvalue weighted by Gasteiger charge is 2.21. The van der Waals surface area contributed by atoms with Crippen LogP contribution in [-0.2, 0) is 16.7 Å². The summed E-state index contributed by atoms with van der Waals surface area (Å²) in [5, 5.41) is 3.44. The lowest BCUT2D eigenvalue weighted by atomic mass is 10.1. The van der Waals surface area contributed by atoms with Crippen LogP contribution in [0.25, 0.3) is 0 Å². The average Bonchev–Trinajstić information content (AvgIpc) is 2.70. The van der Waals surface area contributed by atoms with E-state index in [1.165, 1.54) is 6.92 Å². The Morgan fingerprint density at radius 2 is 1.79 bits per heavy atom. The molecule has 1 unspecified atom stereocenters. The first-order valence-corrected chi connectivity index (χ1v) is 11.5. The number of carbonyl (C=O) groups is 1. The number of rotatable bonds is 8. The van der Waals surface area contributed by atoms with Gasteiger partial charge < -0.3 is 14.4 Å². The van der Waals surface area contributed by atoms with Gasteiger partial charge in [-0.25, -0.2) is 4.79 Å². The summed E-state index contributed by atoms with van der Waals surface area (Å²) in [6, 6.07) is 11.3. The van der Waals surface area contributed by atoms with Gasteiger partial charge in [-0.2, -0.15) is 8.42 Å². The van der Waals surface area contributed by atoms with Crippen LogP contribution in [0.3, 0.4) is 0 Å². The van der Waals surface area contributed by atoms with E-state index < -0.39 is 10.1 Å². The van der Waals surface area contributed by atoms with Crippen LogP contribution in [0, 0.1) is 0 Å². The van der Waals surface area contributed by atoms with E-state index in [0.717, 1.165) is 12.0 Å². The number of nitrogens with zero attached hydrogens (tertiary/aromatic N) is 1. The van der Waals surface area contributed by atoms with Gasteiger partial charge in [-0.1, -0.05) is 48.3 Å². The Morgan fingerprint density at radius 1 is 1.14 bits per heavy atom. The molecule has 6 nitrogen and oxygen atoms in total. The summed E-state index contributed by atoms with van der Waals surface area (Å²) in [5.41, 5.74) is 1.27. The smallest absolute Gasteiger partial charge is 0.322 e. The number of anilines is 1. The predicted molar refractivity (Wildman–Crippen MR) is 117 cm³/mol. The van der Waals surface area contributed by atoms with Crippen molar-refractivity contribution in [2.24, 2.45) is 0 Å². The van der Waals surface area contributed by atoms with E-state index in [2.05, 4.69) is 5.32 Å². The third-order valence-corrected chi connectivity index (χ3v) is 6.40. The number of halogens is 2. The second kappa shape index (κ2) is 10.2. The van der Waals surface area contributed by atoms with Gasteiger partial charge in [0.25, 0.3) is 0 Å². The first-order valence-electron chi connectivity index (χ1n) is 9.19. The lowest BCUT2D eigenvalue weighted by molar-refractivity contribution is 0.187. The molecule has 0 aliphatic rings. The fourth-order valence-electron chi connectivity index (χ4n) is 2.49. The number of hydrogen-bond donors (Lipinski definition) is 1. The van der Waals surface area contributed by atoms with Gasteiger partial charge in [0.1, 0.15) is 5.75 Å². The number of urea groups is 1. The fraction of sp³-hybridized carbons (Fsp3) is 0.350. The minimum absolute atomic E-state index is 0.0376. The molecule has 0 fully saturated rings. The molecule has 0 aromatic heterocycles. The Balaban J connectivity index is 2.16. The zero-order valence-electron chi connectivity index (χ0n) is 16.5. The van der Waals surface area contributed by atoms with Crippen molar-refractivity contribution in [2.45, 2.75) is 39.8 Å². The topological polar surface area (TPSA) is 75.7 Å². The van der Waals surface area contributed by atoms with Crippen LogP contribution >= 0.6 is 23.2 Å². The Kier molecular flexibility index (Phi) is 8.19. The van der Waals surface area contributed by atoms with E-state index in [-0.39, 0.29) is 28.6 Å². The minimum atomic E-state index is -3.58. The van der Waals surface area contributed by atoms with Gasteiger partial charge in [-0.3, -0.25) is 0 Å². The van der Waals surface area contributed by atoms with Crippen molar-refractivity contribution < 1.29 is 17.4 Å². The molecule has 2 rings (SSSR count). The summed E-state index contributed by atoms with van der Waals surface area (Å²) in [6.07, 6.45) is 0.757. The summed E-state index contributed by atoms with van der Waals surface area (Å²) in [6.45, 7) is 5.78. The van der Waals surface area contributed by atoms with Crippen molar-refractivity contribution in [3.8, 4) is 5.75 Å². The Bertz CT molecular complexity index is 949. The van der Waals surface area contributed by atoms with Gasteiger partial charge in [0.2, 0.25) is 0 Å². The summed E-state index contributed by atoms with van der Waals surface area (Å²) in [7, 11) is -3.58. The summed E-state index contributed by atoms with van der Waals surface area (Å²) < 4.78 is 28.1. The van der Waals surface area contributed by atoms with Gasteiger partial charge in [0, 0.05) is 12.6 Å². The molecule has 2 amide bonds. The molecule has 0 aliphatic heterocycles. The fourth-order valence-corrected chi connectivity index (χ4v) is 3.36. The van der Waals surface area contributed by atoms with Crippen LogP contribution in [0.5, 0.6) is 5.75 Å². The maximum Gasteiger partial charge on any atom is 0.322 e. The first-order chi connectivity index (χ1) is 13.7. The lowest BCUT2D eigenvalue weighted by Gasteiger charge is -2.29. The van der Waals surface area contributed by atoms with E-state index >= 15 is 0 Å². The quantitative estimate of drug-likeness (QED) is 0.525. The SMILES string of the molecule is CCC(C)N(Cc1ccc(OS(=O)(=O)CC)cc1)C(=O)Nc1cccc(Cl)c1Cl. The van der Waals surface area contributed by atoms with Crippen LogP contribution in [0.4, 0.5) is 10.5 Å². The maximum absolute atomic E-state index is 12.9. The molecule has 1 atom stereocenters.